The van der Waals surface area contributed by atoms with E-state index in [9.17, 15) is 0 Å². The van der Waals surface area contributed by atoms with Crippen LogP contribution in [0.15, 0.2) is 0 Å². The number of halogens is 1. The van der Waals surface area contributed by atoms with Gasteiger partial charge in [0.1, 0.15) is 0 Å². The average Bonchev–Trinajstić information content (AvgIpc) is 2.16. The third kappa shape index (κ3) is 8.62. The minimum Gasteiger partial charge on any atom is -0.126 e. The zero-order valence-electron chi connectivity index (χ0n) is 9.32. The van der Waals surface area contributed by atoms with Crippen LogP contribution in [-0.2, 0) is 0 Å². The average molecular weight is 205 g/mol. The molecule has 0 aliphatic rings. The first-order valence-electron chi connectivity index (χ1n) is 5.91. The van der Waals surface area contributed by atoms with Gasteiger partial charge in [-0.25, -0.2) is 0 Å². The molecule has 13 heavy (non-hydrogen) atoms. The summed E-state index contributed by atoms with van der Waals surface area (Å²) in [4.78, 5) is 0. The van der Waals surface area contributed by atoms with E-state index in [0.717, 1.165) is 11.8 Å². The van der Waals surface area contributed by atoms with E-state index in [0.29, 0.717) is 0 Å². The van der Waals surface area contributed by atoms with E-state index in [4.69, 9.17) is 11.6 Å². The van der Waals surface area contributed by atoms with Crippen molar-refractivity contribution in [3.8, 4) is 0 Å². The highest BCUT2D eigenvalue weighted by Crippen LogP contribution is 2.17. The molecule has 80 valence electrons. The summed E-state index contributed by atoms with van der Waals surface area (Å²) in [6.45, 7) is 4.51. The van der Waals surface area contributed by atoms with Crippen molar-refractivity contribution >= 4 is 11.6 Å². The second-order valence-corrected chi connectivity index (χ2v) is 4.32. The van der Waals surface area contributed by atoms with E-state index in [-0.39, 0.29) is 0 Å². The molecular formula is C12H25Cl. The highest BCUT2D eigenvalue weighted by Gasteiger charge is 2.04. The van der Waals surface area contributed by atoms with Gasteiger partial charge in [0.2, 0.25) is 0 Å². The number of hydrogen-bond acceptors (Lipinski definition) is 0. The Morgan fingerprint density at radius 2 is 1.54 bits per heavy atom. The molecule has 0 bridgehead atoms. The van der Waals surface area contributed by atoms with Crippen LogP contribution in [0.2, 0.25) is 0 Å². The lowest BCUT2D eigenvalue weighted by Crippen LogP contribution is -2.01. The molecule has 0 rings (SSSR count). The first-order chi connectivity index (χ1) is 6.35. The standard InChI is InChI=1S/C12H25Cl/c1-3-5-6-7-8-10-12(11-13)9-4-2/h12H,3-11H2,1-2H3. The molecular weight excluding hydrogens is 180 g/mol. The number of unbranched alkanes of at least 4 members (excludes halogenated alkanes) is 4. The van der Waals surface area contributed by atoms with Gasteiger partial charge in [-0.15, -0.1) is 11.6 Å². The van der Waals surface area contributed by atoms with Crippen molar-refractivity contribution in [3.63, 3.8) is 0 Å². The van der Waals surface area contributed by atoms with Crippen molar-refractivity contribution in [2.24, 2.45) is 5.92 Å². The van der Waals surface area contributed by atoms with Crippen LogP contribution >= 0.6 is 11.6 Å². The molecule has 1 unspecified atom stereocenters. The van der Waals surface area contributed by atoms with Crippen molar-refractivity contribution in [3.05, 3.63) is 0 Å². The Morgan fingerprint density at radius 1 is 0.846 bits per heavy atom. The first kappa shape index (κ1) is 13.3. The molecule has 0 aromatic carbocycles. The Bertz CT molecular complexity index is 91.1. The summed E-state index contributed by atoms with van der Waals surface area (Å²) >= 11 is 5.89. The molecule has 0 fully saturated rings. The largest absolute Gasteiger partial charge is 0.126 e. The summed E-state index contributed by atoms with van der Waals surface area (Å²) in [5.74, 6) is 1.65. The molecule has 1 heteroatoms. The predicted octanol–water partition coefficient (Wildman–Crippen LogP) is 5.00. The van der Waals surface area contributed by atoms with Gasteiger partial charge in [-0.05, 0) is 18.8 Å². The minimum atomic E-state index is 0.785. The fraction of sp³-hybridized carbons (Fsp3) is 1.00. The van der Waals surface area contributed by atoms with E-state index >= 15 is 0 Å². The predicted molar refractivity (Wildman–Crippen MR) is 62.5 cm³/mol. The van der Waals surface area contributed by atoms with Crippen molar-refractivity contribution in [2.45, 2.75) is 65.2 Å². The van der Waals surface area contributed by atoms with E-state index in [1.165, 1.54) is 51.4 Å². The quantitative estimate of drug-likeness (QED) is 0.366. The Labute approximate surface area is 89.1 Å². The molecule has 0 N–H and O–H groups in total. The normalized spacial score (nSPS) is 13.2. The highest BCUT2D eigenvalue weighted by molar-refractivity contribution is 6.18. The van der Waals surface area contributed by atoms with Gasteiger partial charge in [0, 0.05) is 5.88 Å². The van der Waals surface area contributed by atoms with Gasteiger partial charge in [0.25, 0.3) is 0 Å². The van der Waals surface area contributed by atoms with Crippen LogP contribution in [0.3, 0.4) is 0 Å². The zero-order valence-corrected chi connectivity index (χ0v) is 10.1. The Balaban J connectivity index is 3.17. The topological polar surface area (TPSA) is 0 Å². The lowest BCUT2D eigenvalue weighted by atomic mass is 9.98. The molecule has 0 aliphatic carbocycles. The summed E-state index contributed by atoms with van der Waals surface area (Å²) in [6, 6.07) is 0. The summed E-state index contributed by atoms with van der Waals surface area (Å²) < 4.78 is 0. The van der Waals surface area contributed by atoms with Crippen LogP contribution in [0.4, 0.5) is 0 Å². The molecule has 0 radical (unpaired) electrons. The van der Waals surface area contributed by atoms with Crippen LogP contribution in [0.1, 0.15) is 65.2 Å². The Morgan fingerprint density at radius 3 is 2.08 bits per heavy atom. The molecule has 0 nitrogen and oxygen atoms in total. The molecule has 0 aromatic rings. The number of rotatable bonds is 9. The molecule has 0 aromatic heterocycles. The molecule has 0 aliphatic heterocycles. The van der Waals surface area contributed by atoms with Gasteiger partial charge in [0.05, 0.1) is 0 Å². The molecule has 0 amide bonds. The van der Waals surface area contributed by atoms with Crippen molar-refractivity contribution in [1.82, 2.24) is 0 Å². The maximum atomic E-state index is 5.89. The van der Waals surface area contributed by atoms with E-state index < -0.39 is 0 Å². The van der Waals surface area contributed by atoms with E-state index in [1.807, 2.05) is 0 Å². The Kier molecular flexibility index (Phi) is 10.6. The van der Waals surface area contributed by atoms with Crippen molar-refractivity contribution in [1.29, 1.82) is 0 Å². The second-order valence-electron chi connectivity index (χ2n) is 4.01. The second kappa shape index (κ2) is 10.4. The lowest BCUT2D eigenvalue weighted by Gasteiger charge is -2.11. The van der Waals surface area contributed by atoms with Crippen LogP contribution in [0.25, 0.3) is 0 Å². The smallest absolute Gasteiger partial charge is 0.0251 e. The van der Waals surface area contributed by atoms with Crippen LogP contribution in [0, 0.1) is 5.92 Å². The number of hydrogen-bond donors (Lipinski definition) is 0. The first-order valence-corrected chi connectivity index (χ1v) is 6.44. The lowest BCUT2D eigenvalue weighted by molar-refractivity contribution is 0.457. The Hall–Kier alpha value is 0.290. The van der Waals surface area contributed by atoms with Crippen molar-refractivity contribution < 1.29 is 0 Å². The van der Waals surface area contributed by atoms with Gasteiger partial charge in [-0.2, -0.15) is 0 Å². The zero-order chi connectivity index (χ0) is 9.94. The SMILES string of the molecule is CCCCCCCC(CCl)CCC. The van der Waals surface area contributed by atoms with E-state index in [2.05, 4.69) is 13.8 Å². The van der Waals surface area contributed by atoms with Gasteiger partial charge >= 0.3 is 0 Å². The fourth-order valence-electron chi connectivity index (χ4n) is 1.74. The fourth-order valence-corrected chi connectivity index (χ4v) is 2.05. The minimum absolute atomic E-state index is 0.785. The molecule has 0 saturated heterocycles. The van der Waals surface area contributed by atoms with Crippen LogP contribution in [-0.4, -0.2) is 5.88 Å². The van der Waals surface area contributed by atoms with Gasteiger partial charge in [-0.3, -0.25) is 0 Å². The third-order valence-electron chi connectivity index (χ3n) is 2.63. The van der Waals surface area contributed by atoms with Gasteiger partial charge in [-0.1, -0.05) is 52.4 Å². The third-order valence-corrected chi connectivity index (χ3v) is 3.07. The molecule has 0 spiro atoms. The van der Waals surface area contributed by atoms with Crippen LogP contribution < -0.4 is 0 Å². The number of alkyl halides is 1. The summed E-state index contributed by atoms with van der Waals surface area (Å²) in [7, 11) is 0. The molecule has 0 heterocycles. The summed E-state index contributed by atoms with van der Waals surface area (Å²) in [5.41, 5.74) is 0. The maximum absolute atomic E-state index is 5.89. The monoisotopic (exact) mass is 204 g/mol. The van der Waals surface area contributed by atoms with Crippen molar-refractivity contribution in [2.75, 3.05) is 5.88 Å². The summed E-state index contributed by atoms with van der Waals surface area (Å²) in [6.07, 6.45) is 10.9. The van der Waals surface area contributed by atoms with Gasteiger partial charge in [0.15, 0.2) is 0 Å². The van der Waals surface area contributed by atoms with E-state index in [1.54, 1.807) is 0 Å². The molecule has 1 atom stereocenters. The highest BCUT2D eigenvalue weighted by atomic mass is 35.5. The molecule has 0 saturated carbocycles. The summed E-state index contributed by atoms with van der Waals surface area (Å²) in [5, 5.41) is 0. The van der Waals surface area contributed by atoms with Gasteiger partial charge < -0.3 is 0 Å². The van der Waals surface area contributed by atoms with Crippen LogP contribution in [0.5, 0.6) is 0 Å². The maximum Gasteiger partial charge on any atom is 0.0251 e.